The van der Waals surface area contributed by atoms with Gasteiger partial charge < -0.3 is 9.47 Å². The van der Waals surface area contributed by atoms with E-state index in [2.05, 4.69) is 6.08 Å². The summed E-state index contributed by atoms with van der Waals surface area (Å²) in [6, 6.07) is 0. The molecule has 1 heterocycles. The first-order valence-electron chi connectivity index (χ1n) is 9.27. The van der Waals surface area contributed by atoms with Crippen LogP contribution in [0.1, 0.15) is 64.7 Å². The summed E-state index contributed by atoms with van der Waals surface area (Å²) < 4.78 is 11.8. The third kappa shape index (κ3) is 2.60. The Hall–Kier alpha value is -1.26. The maximum absolute atomic E-state index is 12.1. The molecule has 4 nitrogen and oxygen atoms in total. The van der Waals surface area contributed by atoms with Crippen molar-refractivity contribution < 1.29 is 19.1 Å². The second-order valence-electron chi connectivity index (χ2n) is 7.83. The molecule has 130 valence electrons. The van der Waals surface area contributed by atoms with Crippen LogP contribution < -0.4 is 0 Å². The van der Waals surface area contributed by atoms with Gasteiger partial charge in [0.1, 0.15) is 11.6 Å². The van der Waals surface area contributed by atoms with Crippen LogP contribution in [0.15, 0.2) is 22.8 Å². The predicted octanol–water partition coefficient (Wildman–Crippen LogP) is 3.65. The van der Waals surface area contributed by atoms with E-state index in [0.717, 1.165) is 38.5 Å². The zero-order chi connectivity index (χ0) is 16.8. The molecule has 0 amide bonds. The van der Waals surface area contributed by atoms with Crippen molar-refractivity contribution in [1.29, 1.82) is 0 Å². The van der Waals surface area contributed by atoms with Crippen molar-refractivity contribution in [2.75, 3.05) is 13.2 Å². The van der Waals surface area contributed by atoms with Crippen LogP contribution in [0, 0.1) is 5.41 Å². The molecule has 4 heteroatoms. The highest BCUT2D eigenvalue weighted by Crippen LogP contribution is 2.46. The average Bonchev–Trinajstić information content (AvgIpc) is 3.13. The monoisotopic (exact) mass is 330 g/mol. The molecule has 0 unspecified atom stereocenters. The molecule has 0 aromatic heterocycles. The van der Waals surface area contributed by atoms with Gasteiger partial charge in [-0.3, -0.25) is 9.59 Å². The van der Waals surface area contributed by atoms with Gasteiger partial charge in [0.05, 0.1) is 18.6 Å². The van der Waals surface area contributed by atoms with Crippen molar-refractivity contribution in [3.8, 4) is 0 Å². The molecule has 1 saturated carbocycles. The van der Waals surface area contributed by atoms with E-state index >= 15 is 0 Å². The molecule has 0 bridgehead atoms. The molecule has 3 aliphatic carbocycles. The Labute approximate surface area is 143 Å². The minimum absolute atomic E-state index is 0.115. The van der Waals surface area contributed by atoms with E-state index in [1.807, 2.05) is 6.92 Å². The van der Waals surface area contributed by atoms with Gasteiger partial charge in [0.15, 0.2) is 5.79 Å². The summed E-state index contributed by atoms with van der Waals surface area (Å²) in [5.74, 6) is -0.139. The van der Waals surface area contributed by atoms with Crippen LogP contribution in [0.25, 0.3) is 0 Å². The molecule has 0 aromatic rings. The third-order valence-corrected chi connectivity index (χ3v) is 6.36. The molecule has 1 saturated heterocycles. The lowest BCUT2D eigenvalue weighted by atomic mass is 9.75. The predicted molar refractivity (Wildman–Crippen MR) is 89.4 cm³/mol. The second-order valence-corrected chi connectivity index (χ2v) is 7.83. The molecule has 0 aromatic carbocycles. The molecular formula is C20H26O4. The lowest BCUT2D eigenvalue weighted by Crippen LogP contribution is -2.35. The van der Waals surface area contributed by atoms with Crippen LogP contribution in [0.4, 0.5) is 0 Å². The fourth-order valence-electron chi connectivity index (χ4n) is 4.74. The Morgan fingerprint density at radius 1 is 1.00 bits per heavy atom. The first kappa shape index (κ1) is 16.2. The van der Waals surface area contributed by atoms with Crippen LogP contribution in [-0.4, -0.2) is 30.6 Å². The number of rotatable bonds is 2. The van der Waals surface area contributed by atoms with E-state index in [0.29, 0.717) is 32.5 Å². The fraction of sp³-hybridized carbons (Fsp3) is 0.700. The fourth-order valence-corrected chi connectivity index (χ4v) is 4.74. The summed E-state index contributed by atoms with van der Waals surface area (Å²) in [7, 11) is 0. The number of ether oxygens (including phenoxy) is 2. The normalized spacial score (nSPS) is 30.5. The summed E-state index contributed by atoms with van der Waals surface area (Å²) in [5, 5.41) is 0. The number of hydrogen-bond acceptors (Lipinski definition) is 4. The van der Waals surface area contributed by atoms with Crippen LogP contribution >= 0.6 is 0 Å². The van der Waals surface area contributed by atoms with Crippen molar-refractivity contribution in [3.63, 3.8) is 0 Å². The van der Waals surface area contributed by atoms with Crippen molar-refractivity contribution in [3.05, 3.63) is 22.8 Å². The van der Waals surface area contributed by atoms with E-state index in [9.17, 15) is 9.59 Å². The molecular weight excluding hydrogens is 304 g/mol. The minimum atomic E-state index is -0.779. The van der Waals surface area contributed by atoms with Gasteiger partial charge in [0.25, 0.3) is 0 Å². The van der Waals surface area contributed by atoms with Crippen LogP contribution in [0.2, 0.25) is 0 Å². The topological polar surface area (TPSA) is 52.6 Å². The van der Waals surface area contributed by atoms with E-state index in [-0.39, 0.29) is 17.4 Å². The van der Waals surface area contributed by atoms with Crippen molar-refractivity contribution in [2.45, 2.75) is 70.5 Å². The maximum Gasteiger partial charge on any atom is 0.172 e. The van der Waals surface area contributed by atoms with Gasteiger partial charge in [-0.2, -0.15) is 0 Å². The highest BCUT2D eigenvalue weighted by molar-refractivity contribution is 6.12. The lowest BCUT2D eigenvalue weighted by molar-refractivity contribution is -0.163. The van der Waals surface area contributed by atoms with Crippen molar-refractivity contribution in [2.24, 2.45) is 5.41 Å². The molecule has 0 atom stereocenters. The van der Waals surface area contributed by atoms with Gasteiger partial charge in [-0.25, -0.2) is 0 Å². The van der Waals surface area contributed by atoms with Gasteiger partial charge in [0, 0.05) is 25.7 Å². The first-order valence-corrected chi connectivity index (χ1v) is 9.27. The van der Waals surface area contributed by atoms with Crippen molar-refractivity contribution in [1.82, 2.24) is 0 Å². The average molecular weight is 330 g/mol. The van der Waals surface area contributed by atoms with Gasteiger partial charge in [0.2, 0.25) is 0 Å². The Balaban J connectivity index is 1.55. The van der Waals surface area contributed by atoms with E-state index in [1.54, 1.807) is 0 Å². The Kier molecular flexibility index (Phi) is 4.00. The highest BCUT2D eigenvalue weighted by Gasteiger charge is 2.45. The Bertz CT molecular complexity index is 618. The molecule has 2 fully saturated rings. The van der Waals surface area contributed by atoms with Crippen LogP contribution in [0.5, 0.6) is 0 Å². The first-order chi connectivity index (χ1) is 11.5. The summed E-state index contributed by atoms with van der Waals surface area (Å²) in [6.45, 7) is 3.23. The molecule has 24 heavy (non-hydrogen) atoms. The van der Waals surface area contributed by atoms with Gasteiger partial charge in [-0.05, 0) is 50.2 Å². The molecule has 1 aliphatic heterocycles. The second kappa shape index (κ2) is 5.92. The van der Waals surface area contributed by atoms with Gasteiger partial charge >= 0.3 is 0 Å². The van der Waals surface area contributed by atoms with Crippen LogP contribution in [0.3, 0.4) is 0 Å². The quantitative estimate of drug-likeness (QED) is 0.725. The smallest absolute Gasteiger partial charge is 0.172 e. The van der Waals surface area contributed by atoms with E-state index < -0.39 is 5.41 Å². The zero-order valence-corrected chi connectivity index (χ0v) is 14.5. The molecule has 4 aliphatic rings. The molecule has 4 rings (SSSR count). The summed E-state index contributed by atoms with van der Waals surface area (Å²) >= 11 is 0. The van der Waals surface area contributed by atoms with E-state index in [4.69, 9.17) is 9.47 Å². The lowest BCUT2D eigenvalue weighted by Gasteiger charge is -2.37. The standard InChI is InChI=1S/C20H26O4/c1-19(17(21)5-6-18(19)22)9-7-14-3-2-4-15-13-20(10-8-16(14)15)23-11-12-24-20/h7H,2-6,8-13H2,1H3/b14-7+. The molecule has 1 spiro atoms. The molecule has 0 N–H and O–H groups in total. The van der Waals surface area contributed by atoms with Gasteiger partial charge in [-0.15, -0.1) is 0 Å². The Morgan fingerprint density at radius 2 is 1.71 bits per heavy atom. The number of carbonyl (C=O) groups excluding carboxylic acids is 2. The summed E-state index contributed by atoms with van der Waals surface area (Å²) in [6.07, 6.45) is 9.70. The SMILES string of the molecule is CC1(C/C=C2\CCCC3=C2CCC2(C3)OCCO2)C(=O)CCC1=O. The van der Waals surface area contributed by atoms with Crippen molar-refractivity contribution >= 4 is 11.6 Å². The third-order valence-electron chi connectivity index (χ3n) is 6.36. The summed E-state index contributed by atoms with van der Waals surface area (Å²) in [4.78, 5) is 24.3. The zero-order valence-electron chi connectivity index (χ0n) is 14.5. The van der Waals surface area contributed by atoms with Crippen LogP contribution in [-0.2, 0) is 19.1 Å². The number of allylic oxidation sites excluding steroid dienone is 3. The minimum Gasteiger partial charge on any atom is -0.347 e. The number of carbonyl (C=O) groups is 2. The Morgan fingerprint density at radius 3 is 2.42 bits per heavy atom. The largest absolute Gasteiger partial charge is 0.347 e. The van der Waals surface area contributed by atoms with Gasteiger partial charge in [-0.1, -0.05) is 11.6 Å². The van der Waals surface area contributed by atoms with E-state index in [1.165, 1.54) is 16.7 Å². The highest BCUT2D eigenvalue weighted by atomic mass is 16.7. The number of ketones is 2. The molecule has 0 radical (unpaired) electrons. The number of hydrogen-bond donors (Lipinski definition) is 0. The maximum atomic E-state index is 12.1. The summed E-state index contributed by atoms with van der Waals surface area (Å²) in [5.41, 5.74) is 3.50. The number of Topliss-reactive ketones (excluding diaryl/α,β-unsaturated/α-hetero) is 2.